The summed E-state index contributed by atoms with van der Waals surface area (Å²) in [5.41, 5.74) is 0.737. The van der Waals surface area contributed by atoms with Gasteiger partial charge in [-0.2, -0.15) is 8.42 Å². The van der Waals surface area contributed by atoms with Gasteiger partial charge in [0.25, 0.3) is 0 Å². The molecule has 1 aromatic rings. The number of hydrogen-bond donors (Lipinski definition) is 1. The number of hydrogen-bond acceptors (Lipinski definition) is 4. The third kappa shape index (κ3) is 4.09. The summed E-state index contributed by atoms with van der Waals surface area (Å²) in [4.78, 5) is 11.2. The molecule has 0 radical (unpaired) electrons. The summed E-state index contributed by atoms with van der Waals surface area (Å²) in [6.45, 7) is 0. The van der Waals surface area contributed by atoms with Crippen LogP contribution in [0.1, 0.15) is 5.56 Å². The zero-order valence-corrected chi connectivity index (χ0v) is 8.95. The van der Waals surface area contributed by atoms with E-state index in [2.05, 4.69) is 4.18 Å². The second-order valence-electron chi connectivity index (χ2n) is 2.81. The molecule has 15 heavy (non-hydrogen) atoms. The van der Waals surface area contributed by atoms with E-state index in [9.17, 15) is 13.2 Å². The van der Waals surface area contributed by atoms with Crippen LogP contribution in [-0.2, 0) is 25.7 Å². The zero-order chi connectivity index (χ0) is 11.3. The molecular formula is C9H11NO4S. The van der Waals surface area contributed by atoms with Gasteiger partial charge in [0.15, 0.2) is 0 Å². The van der Waals surface area contributed by atoms with Crippen LogP contribution in [0.3, 0.4) is 0 Å². The minimum Gasteiger partial charge on any atom is -0.274 e. The van der Waals surface area contributed by atoms with Crippen molar-refractivity contribution in [3.63, 3.8) is 0 Å². The van der Waals surface area contributed by atoms with Crippen LogP contribution in [0.5, 0.6) is 0 Å². The molecule has 0 heterocycles. The second kappa shape index (κ2) is 4.90. The van der Waals surface area contributed by atoms with Crippen LogP contribution in [0.2, 0.25) is 0 Å². The van der Waals surface area contributed by atoms with Gasteiger partial charge in [-0.25, -0.2) is 4.72 Å². The fourth-order valence-electron chi connectivity index (χ4n) is 0.998. The summed E-state index contributed by atoms with van der Waals surface area (Å²) in [5.74, 6) is -0.622. The second-order valence-corrected chi connectivity index (χ2v) is 4.25. The molecule has 0 atom stereocenters. The summed E-state index contributed by atoms with van der Waals surface area (Å²) in [5, 5.41) is 0. The maximum absolute atomic E-state index is 11.2. The first kappa shape index (κ1) is 11.7. The molecule has 6 heteroatoms. The summed E-state index contributed by atoms with van der Waals surface area (Å²) in [6.07, 6.45) is 0.00340. The number of carbonyl (C=O) groups is 1. The minimum atomic E-state index is -3.94. The van der Waals surface area contributed by atoms with E-state index in [1.807, 2.05) is 6.07 Å². The highest BCUT2D eigenvalue weighted by Gasteiger charge is 2.12. The van der Waals surface area contributed by atoms with Crippen molar-refractivity contribution in [3.8, 4) is 0 Å². The van der Waals surface area contributed by atoms with Crippen molar-refractivity contribution in [1.82, 2.24) is 4.72 Å². The fraction of sp³-hybridized carbons (Fsp3) is 0.222. The van der Waals surface area contributed by atoms with Crippen LogP contribution in [0, 0.1) is 0 Å². The average molecular weight is 229 g/mol. The molecule has 0 bridgehead atoms. The van der Waals surface area contributed by atoms with Gasteiger partial charge >= 0.3 is 10.3 Å². The summed E-state index contributed by atoms with van der Waals surface area (Å²) < 4.78 is 27.5. The van der Waals surface area contributed by atoms with E-state index in [4.69, 9.17) is 0 Å². The highest BCUT2D eigenvalue weighted by Crippen LogP contribution is 1.99. The molecule has 0 fully saturated rings. The van der Waals surface area contributed by atoms with Crippen LogP contribution < -0.4 is 4.72 Å². The van der Waals surface area contributed by atoms with E-state index in [0.29, 0.717) is 0 Å². The van der Waals surface area contributed by atoms with Crippen molar-refractivity contribution in [3.05, 3.63) is 35.9 Å². The lowest BCUT2D eigenvalue weighted by Gasteiger charge is -2.03. The standard InChI is InChI=1S/C9H11NO4S/c1-14-15(12,13)10-9(11)7-8-5-3-2-4-6-8/h2-6H,7H2,1H3,(H,10,11). The largest absolute Gasteiger partial charge is 0.361 e. The molecule has 0 saturated heterocycles. The Morgan fingerprint density at radius 3 is 2.47 bits per heavy atom. The van der Waals surface area contributed by atoms with Crippen molar-refractivity contribution in [2.24, 2.45) is 0 Å². The van der Waals surface area contributed by atoms with Gasteiger partial charge in [0.05, 0.1) is 13.5 Å². The predicted octanol–water partition coefficient (Wildman–Crippen LogP) is 0.236. The lowest BCUT2D eigenvalue weighted by molar-refractivity contribution is -0.118. The summed E-state index contributed by atoms with van der Waals surface area (Å²) in [6, 6.07) is 8.83. The van der Waals surface area contributed by atoms with E-state index in [1.165, 1.54) is 0 Å². The lowest BCUT2D eigenvalue weighted by atomic mass is 10.1. The third-order valence-electron chi connectivity index (χ3n) is 1.67. The molecule has 0 aliphatic carbocycles. The first-order chi connectivity index (χ1) is 7.03. The Bertz CT molecular complexity index is 427. The zero-order valence-electron chi connectivity index (χ0n) is 8.14. The molecule has 0 spiro atoms. The minimum absolute atomic E-state index is 0.00340. The highest BCUT2D eigenvalue weighted by atomic mass is 32.2. The van der Waals surface area contributed by atoms with Gasteiger partial charge in [-0.3, -0.25) is 8.98 Å². The third-order valence-corrected chi connectivity index (χ3v) is 2.58. The van der Waals surface area contributed by atoms with E-state index in [0.717, 1.165) is 12.7 Å². The Morgan fingerprint density at radius 2 is 1.93 bits per heavy atom. The van der Waals surface area contributed by atoms with E-state index in [1.54, 1.807) is 29.0 Å². The van der Waals surface area contributed by atoms with Gasteiger partial charge in [-0.1, -0.05) is 30.3 Å². The van der Waals surface area contributed by atoms with Gasteiger partial charge in [-0.05, 0) is 5.56 Å². The SMILES string of the molecule is COS(=O)(=O)NC(=O)Cc1ccccc1. The Hall–Kier alpha value is -1.40. The van der Waals surface area contributed by atoms with Gasteiger partial charge in [-0.15, -0.1) is 0 Å². The van der Waals surface area contributed by atoms with Crippen LogP contribution in [0.15, 0.2) is 30.3 Å². The normalized spacial score (nSPS) is 11.0. The summed E-state index contributed by atoms with van der Waals surface area (Å²) in [7, 11) is -2.95. The Morgan fingerprint density at radius 1 is 1.33 bits per heavy atom. The van der Waals surface area contributed by atoms with Crippen LogP contribution in [0.25, 0.3) is 0 Å². The summed E-state index contributed by atoms with van der Waals surface area (Å²) >= 11 is 0. The Kier molecular flexibility index (Phi) is 3.81. The van der Waals surface area contributed by atoms with Crippen molar-refractivity contribution in [1.29, 1.82) is 0 Å². The van der Waals surface area contributed by atoms with Crippen LogP contribution >= 0.6 is 0 Å². The van der Waals surface area contributed by atoms with E-state index < -0.39 is 16.2 Å². The monoisotopic (exact) mass is 229 g/mol. The highest BCUT2D eigenvalue weighted by molar-refractivity contribution is 7.85. The lowest BCUT2D eigenvalue weighted by Crippen LogP contribution is -2.32. The van der Waals surface area contributed by atoms with Crippen molar-refractivity contribution in [2.45, 2.75) is 6.42 Å². The van der Waals surface area contributed by atoms with Crippen molar-refractivity contribution >= 4 is 16.2 Å². The number of amides is 1. The number of nitrogens with one attached hydrogen (secondary N) is 1. The maximum atomic E-state index is 11.2. The average Bonchev–Trinajstić information content (AvgIpc) is 2.18. The van der Waals surface area contributed by atoms with Gasteiger partial charge in [0.2, 0.25) is 5.91 Å². The molecular weight excluding hydrogens is 218 g/mol. The van der Waals surface area contributed by atoms with E-state index >= 15 is 0 Å². The molecule has 5 nitrogen and oxygen atoms in total. The molecule has 0 aliphatic heterocycles. The molecule has 0 aliphatic rings. The smallest absolute Gasteiger partial charge is 0.274 e. The fourth-order valence-corrected chi connectivity index (χ4v) is 1.43. The number of rotatable bonds is 4. The quantitative estimate of drug-likeness (QED) is 0.802. The Balaban J connectivity index is 2.58. The van der Waals surface area contributed by atoms with Crippen molar-refractivity contribution < 1.29 is 17.4 Å². The van der Waals surface area contributed by atoms with Crippen LogP contribution in [-0.4, -0.2) is 21.4 Å². The molecule has 0 unspecified atom stereocenters. The Labute approximate surface area is 88.3 Å². The van der Waals surface area contributed by atoms with Gasteiger partial charge in [0.1, 0.15) is 0 Å². The predicted molar refractivity (Wildman–Crippen MR) is 54.2 cm³/mol. The molecule has 1 aromatic carbocycles. The van der Waals surface area contributed by atoms with Gasteiger partial charge < -0.3 is 0 Å². The molecule has 0 saturated carbocycles. The molecule has 82 valence electrons. The van der Waals surface area contributed by atoms with E-state index in [-0.39, 0.29) is 6.42 Å². The van der Waals surface area contributed by atoms with Crippen LogP contribution in [0.4, 0.5) is 0 Å². The molecule has 1 rings (SSSR count). The number of carbonyl (C=O) groups excluding carboxylic acids is 1. The van der Waals surface area contributed by atoms with Crippen molar-refractivity contribution in [2.75, 3.05) is 7.11 Å². The molecule has 0 aromatic heterocycles. The first-order valence-electron chi connectivity index (χ1n) is 4.18. The molecule has 1 amide bonds. The molecule has 1 N–H and O–H groups in total. The topological polar surface area (TPSA) is 72.5 Å². The first-order valence-corrected chi connectivity index (χ1v) is 5.59. The van der Waals surface area contributed by atoms with Gasteiger partial charge in [0, 0.05) is 0 Å². The number of benzene rings is 1. The maximum Gasteiger partial charge on any atom is 0.361 e.